The van der Waals surface area contributed by atoms with Gasteiger partial charge < -0.3 is 157 Å². The maximum Gasteiger partial charge on any atom is 0.202 e. The molecule has 13 aliphatic rings. The molecule has 16 unspecified atom stereocenters. The molecule has 0 spiro atoms. The van der Waals surface area contributed by atoms with Crippen molar-refractivity contribution in [2.45, 2.75) is 353 Å². The van der Waals surface area contributed by atoms with E-state index in [1.807, 2.05) is 0 Å². The van der Waals surface area contributed by atoms with Crippen LogP contribution in [0.15, 0.2) is 5.76 Å². The van der Waals surface area contributed by atoms with E-state index in [-0.39, 0.29) is 69.4 Å². The molecule has 7 saturated heterocycles. The maximum atomic E-state index is 16.4. The lowest BCUT2D eigenvalue weighted by atomic mass is 9.50. The highest BCUT2D eigenvalue weighted by Gasteiger charge is 2.82. The molecule has 0 amide bonds. The van der Waals surface area contributed by atoms with Crippen LogP contribution in [0.3, 0.4) is 0 Å². The van der Waals surface area contributed by atoms with Gasteiger partial charge in [0.1, 0.15) is 70.7 Å². The van der Waals surface area contributed by atoms with E-state index in [4.69, 9.17) is 75.8 Å². The number of hydrogen-bond donors (Lipinski definition) is 16. The molecule has 38 nitrogen and oxygen atoms in total. The number of aliphatic hydroxyl groups is 13. The molecule has 2 aromatic rings. The van der Waals surface area contributed by atoms with Crippen molar-refractivity contribution in [1.29, 1.82) is 0 Å². The van der Waals surface area contributed by atoms with Crippen LogP contribution in [0, 0.1) is 23.7 Å². The molecule has 4 bridgehead atoms. The standard InChI is InChI=1S/C85H114O38/c1-14-21-81(104)78(121-45-18-16-42(29(3)111-45)117-47-20-23-80(103,33(7)86)35(9)115-47)68(99)71(119-48-26-40(88)60(91)31(5)113-48)39-25-37-24-38-52(62(93)51(37)76(101)84(39,81)106)63(94)56(74(110-13)70(38)108-11)55-64(95)53-54(67(98)73(55)109-12)65(96)57-58(66(53)97)77(102)85(107)59-72(57)123-82(85,22-15-2)79(69(100)75(59)120-49-27-41(89)61(92)32(6)114-49)122-46-19-17-43(30(4)112-46)118-50-28-44(90)83(105,34(8)87)36(10)116-50/h24,29-32,35-37,39-51,59-61,68-69,71-72,75,78-79,88-92,94,96-100,103-107H,14-23,25-28H2,1-13H3/t29-,30-,31+,32+,35-,36-,37?,39?,40-,41-,42+,43+,44+,45+,46+,47-,48+,49?,50-,51?,59?,60+,61+,68?,69?,71?,72?,75?,78?,79?,80+,81?,82?,83+,84?,85?/m1/s1. The molecule has 36 atom stereocenters. The number of allylic oxidation sites excluding steroid dienone is 1. The van der Waals surface area contributed by atoms with Crippen LogP contribution < -0.4 is 19.9 Å². The highest BCUT2D eigenvalue weighted by molar-refractivity contribution is 6.35. The van der Waals surface area contributed by atoms with Crippen LogP contribution in [-0.2, 0) is 80.7 Å². The molecule has 15 rings (SSSR count). The summed E-state index contributed by atoms with van der Waals surface area (Å²) in [5, 5.41) is 196. The third kappa shape index (κ3) is 13.8. The van der Waals surface area contributed by atoms with Crippen LogP contribution in [0.1, 0.15) is 207 Å². The minimum absolute atomic E-state index is 0.0115. The van der Waals surface area contributed by atoms with Gasteiger partial charge in [0.05, 0.1) is 152 Å². The van der Waals surface area contributed by atoms with Gasteiger partial charge in [-0.3, -0.25) is 28.8 Å². The Hall–Kier alpha value is -6.46. The van der Waals surface area contributed by atoms with Gasteiger partial charge in [-0.1, -0.05) is 32.8 Å². The van der Waals surface area contributed by atoms with E-state index in [0.29, 0.717) is 0 Å². The second kappa shape index (κ2) is 33.2. The molecule has 16 N–H and O–H groups in total. The first-order chi connectivity index (χ1) is 57.9. The van der Waals surface area contributed by atoms with Crippen molar-refractivity contribution in [3.05, 3.63) is 44.0 Å². The second-order valence-electron chi connectivity index (χ2n) is 35.6. The molecule has 7 aliphatic heterocycles. The summed E-state index contributed by atoms with van der Waals surface area (Å²) >= 11 is 0. The summed E-state index contributed by atoms with van der Waals surface area (Å²) in [5.41, 5.74) is -20.9. The van der Waals surface area contributed by atoms with Crippen molar-refractivity contribution >= 4 is 52.1 Å². The van der Waals surface area contributed by atoms with E-state index in [0.717, 1.165) is 28.3 Å². The molecule has 6 aliphatic carbocycles. The van der Waals surface area contributed by atoms with Crippen molar-refractivity contribution < 1.29 is 186 Å². The van der Waals surface area contributed by atoms with Crippen molar-refractivity contribution in [2.75, 3.05) is 21.3 Å². The predicted molar refractivity (Wildman–Crippen MR) is 413 cm³/mol. The summed E-state index contributed by atoms with van der Waals surface area (Å²) in [4.78, 5) is 90.0. The maximum absolute atomic E-state index is 16.4. The number of ether oxygens (including phenoxy) is 16. The Bertz CT molecular complexity index is 4630. The average molecular weight is 1740 g/mol. The summed E-state index contributed by atoms with van der Waals surface area (Å²) in [5.74, 6) is -20.7. The SMILES string of the molecule is CCCC1(O)C(O[C@H]2CC[C@H](O[C@@H]3CC[C@](O)(C(C)=O)[C@@H](C)O3)[C@@H](C)O2)C(O)C(O[C@H]2C[C@@H](O)[C@@H](O)[C@H](C)O2)C2CC3C=c4c(OC)c(OC)c(=C5C(=O)c6c(O)c7c(c(O)c6C(O)=C5OC)C5OC6(CCC)C(O[C@H]8CC[C@H](O[C@@H]9C[C@H](O)[C@](O)(C(C)=O)[C@@H](C)O9)[C@@H](C)O8)C(O)C(OC8C[C@@H](O)[C@@H](O)[C@H](C)O8)C5C6(O)C7=O)c(O)c4C(=O)C3C(=O)C21O. The number of ketones is 6. The van der Waals surface area contributed by atoms with E-state index in [9.17, 15) is 91.3 Å². The fraction of sp³-hybridized carbons (Fsp3) is 0.741. The number of Topliss-reactive ketones (excluding diaryl/α,β-unsaturated/α-hetero) is 6. The Morgan fingerprint density at radius 2 is 1.06 bits per heavy atom. The molecular weight excluding hydrogens is 1630 g/mol. The van der Waals surface area contributed by atoms with Crippen LogP contribution in [0.4, 0.5) is 0 Å². The van der Waals surface area contributed by atoms with E-state index >= 15 is 19.2 Å². The summed E-state index contributed by atoms with van der Waals surface area (Å²) in [6.45, 7) is 14.7. The first-order valence-corrected chi connectivity index (χ1v) is 42.4. The number of aromatic hydroxyl groups is 3. The third-order valence-electron chi connectivity index (χ3n) is 28.7. The summed E-state index contributed by atoms with van der Waals surface area (Å²) in [6, 6.07) is 0. The Labute approximate surface area is 705 Å². The molecule has 682 valence electrons. The fourth-order valence-electron chi connectivity index (χ4n) is 22.3. The van der Waals surface area contributed by atoms with Crippen LogP contribution >= 0.6 is 0 Å². The van der Waals surface area contributed by atoms with Crippen LogP contribution in [-0.4, -0.2) is 325 Å². The third-order valence-corrected chi connectivity index (χ3v) is 28.7. The largest absolute Gasteiger partial charge is 0.507 e. The summed E-state index contributed by atoms with van der Waals surface area (Å²) in [6.07, 6.45) is -36.8. The Balaban J connectivity index is 0.799. The van der Waals surface area contributed by atoms with Gasteiger partial charge in [0, 0.05) is 55.2 Å². The van der Waals surface area contributed by atoms with Gasteiger partial charge in [-0.05, 0) is 99.8 Å². The monoisotopic (exact) mass is 1740 g/mol. The zero-order chi connectivity index (χ0) is 89.4. The van der Waals surface area contributed by atoms with Crippen molar-refractivity contribution in [3.63, 3.8) is 0 Å². The van der Waals surface area contributed by atoms with E-state index in [1.54, 1.807) is 34.6 Å². The van der Waals surface area contributed by atoms with Crippen LogP contribution in [0.2, 0.25) is 0 Å². The average Bonchev–Trinajstić information content (AvgIpc) is 1.50. The number of benzene rings is 2. The lowest BCUT2D eigenvalue weighted by Crippen LogP contribution is -2.81. The molecule has 2 aromatic carbocycles. The number of methoxy groups -OCH3 is 3. The number of hydrogen-bond acceptors (Lipinski definition) is 38. The van der Waals surface area contributed by atoms with Crippen molar-refractivity contribution in [2.24, 2.45) is 23.7 Å². The van der Waals surface area contributed by atoms with Gasteiger partial charge in [-0.15, -0.1) is 0 Å². The lowest BCUT2D eigenvalue weighted by molar-refractivity contribution is -0.363. The zero-order valence-electron chi connectivity index (χ0n) is 70.4. The quantitative estimate of drug-likeness (QED) is 0.0423. The van der Waals surface area contributed by atoms with Crippen molar-refractivity contribution in [1.82, 2.24) is 0 Å². The molecule has 7 heterocycles. The van der Waals surface area contributed by atoms with Crippen LogP contribution in [0.5, 0.6) is 28.7 Å². The van der Waals surface area contributed by atoms with Crippen LogP contribution in [0.25, 0.3) is 17.4 Å². The minimum atomic E-state index is -3.19. The molecule has 0 aromatic heterocycles. The van der Waals surface area contributed by atoms with Gasteiger partial charge >= 0.3 is 0 Å². The van der Waals surface area contributed by atoms with E-state index < -0.39 is 356 Å². The van der Waals surface area contributed by atoms with Gasteiger partial charge in [0.15, 0.2) is 101 Å². The van der Waals surface area contributed by atoms with Gasteiger partial charge in [0.25, 0.3) is 0 Å². The molecular formula is C85H114O38. The lowest BCUT2D eigenvalue weighted by Gasteiger charge is -2.62. The summed E-state index contributed by atoms with van der Waals surface area (Å²) in [7, 11) is 3.12. The Morgan fingerprint density at radius 3 is 1.59 bits per heavy atom. The number of rotatable bonds is 21. The number of carbonyl (C=O) groups is 6. The topological polar surface area (TPSA) is 574 Å². The molecule has 0 radical (unpaired) electrons. The van der Waals surface area contributed by atoms with Gasteiger partial charge in [0.2, 0.25) is 11.6 Å². The summed E-state index contributed by atoms with van der Waals surface area (Å²) < 4.78 is 100. The van der Waals surface area contributed by atoms with Crippen molar-refractivity contribution in [3.8, 4) is 28.7 Å². The molecule has 3 saturated carbocycles. The van der Waals surface area contributed by atoms with Gasteiger partial charge in [-0.25, -0.2) is 0 Å². The number of fused-ring (bicyclic) bond motifs is 6. The first-order valence-electron chi connectivity index (χ1n) is 42.4. The number of phenols is 3. The minimum Gasteiger partial charge on any atom is -0.507 e. The van der Waals surface area contributed by atoms with E-state index in [2.05, 4.69) is 0 Å². The normalized spacial score (nSPS) is 45.6. The van der Waals surface area contributed by atoms with Gasteiger partial charge in [-0.2, -0.15) is 0 Å². The highest BCUT2D eigenvalue weighted by Crippen LogP contribution is 2.69. The van der Waals surface area contributed by atoms with E-state index in [1.165, 1.54) is 33.8 Å². The molecule has 10 fully saturated rings. The number of carbonyl (C=O) groups excluding carboxylic acids is 6. The number of aliphatic hydroxyl groups excluding tert-OH is 8. The Kier molecular flexibility index (Phi) is 24.7. The molecule has 38 heteroatoms. The highest BCUT2D eigenvalue weighted by atomic mass is 16.8. The smallest absolute Gasteiger partial charge is 0.202 e. The molecule has 123 heavy (non-hydrogen) atoms. The first kappa shape index (κ1) is 91.3. The zero-order valence-corrected chi connectivity index (χ0v) is 70.4. The second-order valence-corrected chi connectivity index (χ2v) is 35.6. The fourth-order valence-corrected chi connectivity index (χ4v) is 22.3. The predicted octanol–water partition coefficient (Wildman–Crippen LogP) is -0.560. The Morgan fingerprint density at radius 1 is 0.520 bits per heavy atom. The number of phenolic OH excluding ortho intramolecular Hbond substituents is 3.